The summed E-state index contributed by atoms with van der Waals surface area (Å²) in [6.45, 7) is 1.81. The highest BCUT2D eigenvalue weighted by molar-refractivity contribution is 5.95. The number of allylic oxidation sites excluding steroid dienone is 1. The van der Waals surface area contributed by atoms with Crippen LogP contribution in [0.5, 0.6) is 0 Å². The molecule has 2 heterocycles. The second-order valence-corrected chi connectivity index (χ2v) is 5.63. The average molecular weight is 280 g/mol. The van der Waals surface area contributed by atoms with Gasteiger partial charge in [0, 0.05) is 30.4 Å². The average Bonchev–Trinajstić information content (AvgIpc) is 3.02. The molecule has 1 aromatic rings. The largest absolute Gasteiger partial charge is 0.339 e. The number of rotatable bonds is 1. The van der Waals surface area contributed by atoms with Crippen LogP contribution in [0.25, 0.3) is 0 Å². The van der Waals surface area contributed by atoms with E-state index in [0.29, 0.717) is 0 Å². The van der Waals surface area contributed by atoms with Gasteiger partial charge in [-0.2, -0.15) is 0 Å². The third-order valence-corrected chi connectivity index (χ3v) is 4.13. The van der Waals surface area contributed by atoms with Crippen molar-refractivity contribution in [3.8, 4) is 11.8 Å². The molecule has 1 fully saturated rings. The molecule has 3 nitrogen and oxygen atoms in total. The van der Waals surface area contributed by atoms with Crippen molar-refractivity contribution in [2.45, 2.75) is 38.5 Å². The molecule has 1 aliphatic heterocycles. The van der Waals surface area contributed by atoms with E-state index >= 15 is 0 Å². The molecule has 2 aliphatic rings. The van der Waals surface area contributed by atoms with Gasteiger partial charge in [-0.15, -0.1) is 0 Å². The number of amides is 1. The van der Waals surface area contributed by atoms with Crippen molar-refractivity contribution in [1.29, 1.82) is 0 Å². The highest BCUT2D eigenvalue weighted by Crippen LogP contribution is 2.28. The van der Waals surface area contributed by atoms with E-state index in [1.54, 1.807) is 6.20 Å². The van der Waals surface area contributed by atoms with Crippen LogP contribution in [0, 0.1) is 11.8 Å². The lowest BCUT2D eigenvalue weighted by Gasteiger charge is -2.27. The van der Waals surface area contributed by atoms with Gasteiger partial charge in [-0.05, 0) is 56.6 Å². The van der Waals surface area contributed by atoms with Gasteiger partial charge in [0.2, 0.25) is 0 Å². The van der Waals surface area contributed by atoms with Crippen molar-refractivity contribution < 1.29 is 4.79 Å². The fourth-order valence-corrected chi connectivity index (χ4v) is 2.98. The Hall–Kier alpha value is -2.08. The Morgan fingerprint density at radius 2 is 1.90 bits per heavy atom. The number of nitrogens with zero attached hydrogens (tertiary/aromatic N) is 2. The van der Waals surface area contributed by atoms with Gasteiger partial charge in [-0.25, -0.2) is 4.98 Å². The second kappa shape index (κ2) is 6.58. The van der Waals surface area contributed by atoms with Crippen LogP contribution in [-0.2, 0) is 4.79 Å². The fraction of sp³-hybridized carbons (Fsp3) is 0.444. The molecule has 0 N–H and O–H groups in total. The maximum atomic E-state index is 12.6. The van der Waals surface area contributed by atoms with Gasteiger partial charge in [0.15, 0.2) is 0 Å². The van der Waals surface area contributed by atoms with E-state index in [4.69, 9.17) is 0 Å². The van der Waals surface area contributed by atoms with Crippen LogP contribution in [0.4, 0.5) is 0 Å². The van der Waals surface area contributed by atoms with Crippen LogP contribution in [0.1, 0.15) is 44.2 Å². The van der Waals surface area contributed by atoms with Crippen LogP contribution >= 0.6 is 0 Å². The molecule has 0 unspecified atom stereocenters. The highest BCUT2D eigenvalue weighted by Gasteiger charge is 2.25. The predicted octanol–water partition coefficient (Wildman–Crippen LogP) is 2.93. The molecule has 1 aliphatic carbocycles. The Morgan fingerprint density at radius 3 is 2.67 bits per heavy atom. The van der Waals surface area contributed by atoms with Gasteiger partial charge < -0.3 is 4.90 Å². The maximum absolute atomic E-state index is 12.6. The van der Waals surface area contributed by atoms with E-state index in [0.717, 1.165) is 62.0 Å². The maximum Gasteiger partial charge on any atom is 0.250 e. The molecular formula is C18H20N2O. The summed E-state index contributed by atoms with van der Waals surface area (Å²) in [5.74, 6) is 6.49. The highest BCUT2D eigenvalue weighted by atomic mass is 16.2. The molecule has 1 aromatic heterocycles. The van der Waals surface area contributed by atoms with Crippen molar-refractivity contribution in [1.82, 2.24) is 9.88 Å². The van der Waals surface area contributed by atoms with E-state index in [9.17, 15) is 4.79 Å². The van der Waals surface area contributed by atoms with Crippen LogP contribution in [-0.4, -0.2) is 28.9 Å². The van der Waals surface area contributed by atoms with Crippen molar-refractivity contribution in [3.63, 3.8) is 0 Å². The number of pyridine rings is 1. The minimum Gasteiger partial charge on any atom is -0.339 e. The molecule has 0 bridgehead atoms. The molecule has 21 heavy (non-hydrogen) atoms. The summed E-state index contributed by atoms with van der Waals surface area (Å²) >= 11 is 0. The summed E-state index contributed by atoms with van der Waals surface area (Å²) in [4.78, 5) is 18.8. The summed E-state index contributed by atoms with van der Waals surface area (Å²) in [6, 6.07) is 5.71. The number of aromatic nitrogens is 1. The molecule has 1 amide bonds. The quantitative estimate of drug-likeness (QED) is 0.741. The third-order valence-electron chi connectivity index (χ3n) is 4.13. The van der Waals surface area contributed by atoms with Gasteiger partial charge in [-0.3, -0.25) is 4.79 Å². The minimum absolute atomic E-state index is 0.220. The smallest absolute Gasteiger partial charge is 0.250 e. The zero-order valence-electron chi connectivity index (χ0n) is 12.3. The molecule has 0 saturated carbocycles. The van der Waals surface area contributed by atoms with E-state index in [-0.39, 0.29) is 5.91 Å². The molecule has 0 spiro atoms. The van der Waals surface area contributed by atoms with Crippen LogP contribution in [0.2, 0.25) is 0 Å². The number of hydrogen-bond donors (Lipinski definition) is 0. The summed E-state index contributed by atoms with van der Waals surface area (Å²) in [7, 11) is 0. The van der Waals surface area contributed by atoms with E-state index in [2.05, 4.69) is 16.8 Å². The van der Waals surface area contributed by atoms with Crippen molar-refractivity contribution in [3.05, 3.63) is 41.2 Å². The van der Waals surface area contributed by atoms with Crippen LogP contribution in [0.15, 0.2) is 35.5 Å². The summed E-state index contributed by atoms with van der Waals surface area (Å²) in [5, 5.41) is 0. The Morgan fingerprint density at radius 1 is 1.05 bits per heavy atom. The number of carbonyl (C=O) groups is 1. The first kappa shape index (κ1) is 13.9. The molecule has 3 rings (SSSR count). The monoisotopic (exact) mass is 280 g/mol. The SMILES string of the molecule is O=C(C1=C(C#Cc2ccccn2)CCC1)N1CCCCC1. The van der Waals surface area contributed by atoms with E-state index in [1.165, 1.54) is 6.42 Å². The third kappa shape index (κ3) is 3.33. The standard InChI is InChI=1S/C18H20N2O/c21-18(20-13-4-1-5-14-20)17-9-6-7-15(17)10-11-16-8-2-3-12-19-16/h2-3,8,12H,1,4-7,9,13-14H2. The first-order valence-electron chi connectivity index (χ1n) is 7.79. The Bertz CT molecular complexity index is 601. The van der Waals surface area contributed by atoms with E-state index < -0.39 is 0 Å². The molecule has 0 aromatic carbocycles. The number of carbonyl (C=O) groups excluding carboxylic acids is 1. The zero-order valence-corrected chi connectivity index (χ0v) is 12.3. The normalized spacial score (nSPS) is 18.4. The fourth-order valence-electron chi connectivity index (χ4n) is 2.98. The summed E-state index contributed by atoms with van der Waals surface area (Å²) in [6.07, 6.45) is 8.10. The molecule has 0 atom stereocenters. The summed E-state index contributed by atoms with van der Waals surface area (Å²) in [5.41, 5.74) is 2.73. The molecule has 108 valence electrons. The van der Waals surface area contributed by atoms with Crippen LogP contribution < -0.4 is 0 Å². The number of hydrogen-bond acceptors (Lipinski definition) is 2. The van der Waals surface area contributed by atoms with Crippen molar-refractivity contribution in [2.24, 2.45) is 0 Å². The first-order chi connectivity index (χ1) is 10.3. The van der Waals surface area contributed by atoms with Gasteiger partial charge in [0.1, 0.15) is 5.69 Å². The Kier molecular flexibility index (Phi) is 4.35. The van der Waals surface area contributed by atoms with Crippen molar-refractivity contribution >= 4 is 5.91 Å². The number of likely N-dealkylation sites (tertiary alicyclic amines) is 1. The van der Waals surface area contributed by atoms with Gasteiger partial charge >= 0.3 is 0 Å². The van der Waals surface area contributed by atoms with E-state index in [1.807, 2.05) is 23.1 Å². The predicted molar refractivity (Wildman–Crippen MR) is 82.4 cm³/mol. The summed E-state index contributed by atoms with van der Waals surface area (Å²) < 4.78 is 0. The molecule has 3 heteroatoms. The van der Waals surface area contributed by atoms with Gasteiger partial charge in [0.05, 0.1) is 0 Å². The first-order valence-corrected chi connectivity index (χ1v) is 7.79. The molecule has 0 radical (unpaired) electrons. The Balaban J connectivity index is 1.79. The second-order valence-electron chi connectivity index (χ2n) is 5.63. The van der Waals surface area contributed by atoms with Crippen molar-refractivity contribution in [2.75, 3.05) is 13.1 Å². The zero-order chi connectivity index (χ0) is 14.5. The lowest BCUT2D eigenvalue weighted by molar-refractivity contribution is -0.128. The lowest BCUT2D eigenvalue weighted by Crippen LogP contribution is -2.36. The Labute approximate surface area is 126 Å². The molecular weight excluding hydrogens is 260 g/mol. The topological polar surface area (TPSA) is 33.2 Å². The molecule has 1 saturated heterocycles. The van der Waals surface area contributed by atoms with Gasteiger partial charge in [0.25, 0.3) is 5.91 Å². The van der Waals surface area contributed by atoms with Gasteiger partial charge in [-0.1, -0.05) is 12.0 Å². The number of piperidine rings is 1. The van der Waals surface area contributed by atoms with Crippen LogP contribution in [0.3, 0.4) is 0 Å². The lowest BCUT2D eigenvalue weighted by atomic mass is 10.1. The minimum atomic E-state index is 0.220.